The molecule has 1 N–H and O–H groups in total. The number of nitrogens with zero attached hydrogens (tertiary/aromatic N) is 3. The van der Waals surface area contributed by atoms with Crippen LogP contribution in [0.5, 0.6) is 11.5 Å². The second-order valence-electron chi connectivity index (χ2n) is 7.61. The van der Waals surface area contributed by atoms with E-state index in [9.17, 15) is 0 Å². The Morgan fingerprint density at radius 3 is 2.73 bits per heavy atom. The third-order valence-electron chi connectivity index (χ3n) is 5.94. The van der Waals surface area contributed by atoms with Crippen molar-refractivity contribution in [3.63, 3.8) is 0 Å². The fourth-order valence-electron chi connectivity index (χ4n) is 4.59. The average molecular weight is 421 g/mol. The molecule has 2 aliphatic heterocycles. The molecule has 154 valence electrons. The molecule has 1 aromatic carbocycles. The Morgan fingerprint density at radius 1 is 1.13 bits per heavy atom. The zero-order valence-corrected chi connectivity index (χ0v) is 18.1. The number of aryl methyl sites for hydroxylation is 1. The summed E-state index contributed by atoms with van der Waals surface area (Å²) in [5, 5.41) is 4.27. The third kappa shape index (κ3) is 2.92. The molecule has 4 heterocycles. The number of rotatable bonds is 4. The van der Waals surface area contributed by atoms with Crippen molar-refractivity contribution >= 4 is 17.3 Å². The van der Waals surface area contributed by atoms with Crippen LogP contribution in [0.15, 0.2) is 48.7 Å². The lowest BCUT2D eigenvalue weighted by Crippen LogP contribution is -2.29. The van der Waals surface area contributed by atoms with E-state index in [0.717, 1.165) is 40.2 Å². The standard InChI is InChI=1S/C23H24N4O2S/c1-4-26-22(21(25-23(26)30)18-7-5-6-10-24-18)17-11-14(2)27(15(17)3)16-8-9-19-20(12-16)29-13-28-19/h5-12,21-22H,4,13H2,1-3H3,(H,25,30). The van der Waals surface area contributed by atoms with Crippen molar-refractivity contribution in [3.05, 3.63) is 71.3 Å². The number of fused-ring (bicyclic) bond motifs is 1. The summed E-state index contributed by atoms with van der Waals surface area (Å²) in [7, 11) is 0. The van der Waals surface area contributed by atoms with Gasteiger partial charge in [-0.1, -0.05) is 6.07 Å². The van der Waals surface area contributed by atoms with Gasteiger partial charge in [-0.05, 0) is 68.9 Å². The van der Waals surface area contributed by atoms with Crippen LogP contribution in [-0.2, 0) is 0 Å². The van der Waals surface area contributed by atoms with Gasteiger partial charge >= 0.3 is 0 Å². The summed E-state index contributed by atoms with van der Waals surface area (Å²) < 4.78 is 13.3. The van der Waals surface area contributed by atoms with Crippen LogP contribution in [0.1, 0.15) is 41.7 Å². The molecule has 7 heteroatoms. The third-order valence-corrected chi connectivity index (χ3v) is 6.29. The molecule has 30 heavy (non-hydrogen) atoms. The lowest BCUT2D eigenvalue weighted by molar-refractivity contribution is 0.174. The van der Waals surface area contributed by atoms with Crippen molar-refractivity contribution in [2.75, 3.05) is 13.3 Å². The first-order valence-electron chi connectivity index (χ1n) is 10.2. The second kappa shape index (κ2) is 7.32. The van der Waals surface area contributed by atoms with Crippen molar-refractivity contribution < 1.29 is 9.47 Å². The Kier molecular flexibility index (Phi) is 4.62. The van der Waals surface area contributed by atoms with Crippen molar-refractivity contribution in [3.8, 4) is 17.2 Å². The molecule has 0 radical (unpaired) electrons. The molecule has 6 nitrogen and oxygen atoms in total. The van der Waals surface area contributed by atoms with E-state index in [1.807, 2.05) is 30.5 Å². The number of benzene rings is 1. The molecule has 0 aliphatic carbocycles. The minimum absolute atomic E-state index is 0.00403. The van der Waals surface area contributed by atoms with Gasteiger partial charge in [0, 0.05) is 35.9 Å². The minimum Gasteiger partial charge on any atom is -0.454 e. The van der Waals surface area contributed by atoms with Gasteiger partial charge in [0.2, 0.25) is 6.79 Å². The van der Waals surface area contributed by atoms with Crippen LogP contribution in [0.4, 0.5) is 0 Å². The van der Waals surface area contributed by atoms with Gasteiger partial charge in [-0.25, -0.2) is 0 Å². The number of thiocarbonyl (C=S) groups is 1. The minimum atomic E-state index is 0.00403. The predicted molar refractivity (Wildman–Crippen MR) is 119 cm³/mol. The van der Waals surface area contributed by atoms with Gasteiger partial charge < -0.3 is 24.3 Å². The summed E-state index contributed by atoms with van der Waals surface area (Å²) in [4.78, 5) is 6.86. The molecular formula is C23H24N4O2S. The molecular weight excluding hydrogens is 396 g/mol. The molecule has 0 spiro atoms. The van der Waals surface area contributed by atoms with Crippen LogP contribution in [0.25, 0.3) is 5.69 Å². The molecule has 0 saturated carbocycles. The van der Waals surface area contributed by atoms with E-state index in [2.05, 4.69) is 58.7 Å². The Hall–Kier alpha value is -3.06. The van der Waals surface area contributed by atoms with E-state index in [0.29, 0.717) is 0 Å². The number of hydrogen-bond donors (Lipinski definition) is 1. The average Bonchev–Trinajstić information content (AvgIpc) is 3.43. The number of aromatic nitrogens is 2. The van der Waals surface area contributed by atoms with E-state index in [4.69, 9.17) is 21.7 Å². The summed E-state index contributed by atoms with van der Waals surface area (Å²) in [6.07, 6.45) is 1.83. The fourth-order valence-corrected chi connectivity index (χ4v) is 4.96. The zero-order valence-electron chi connectivity index (χ0n) is 17.3. The van der Waals surface area contributed by atoms with Crippen molar-refractivity contribution in [2.24, 2.45) is 0 Å². The lowest BCUT2D eigenvalue weighted by atomic mass is 9.97. The molecule has 3 aromatic rings. The molecule has 2 aliphatic rings. The van der Waals surface area contributed by atoms with Crippen molar-refractivity contribution in [1.29, 1.82) is 0 Å². The maximum absolute atomic E-state index is 5.67. The first-order valence-corrected chi connectivity index (χ1v) is 10.6. The van der Waals surface area contributed by atoms with Crippen LogP contribution in [0.3, 0.4) is 0 Å². The summed E-state index contributed by atoms with van der Waals surface area (Å²) in [6, 6.07) is 14.4. The first kappa shape index (κ1) is 18.9. The molecule has 2 unspecified atom stereocenters. The molecule has 1 fully saturated rings. The highest BCUT2D eigenvalue weighted by molar-refractivity contribution is 7.80. The van der Waals surface area contributed by atoms with Crippen molar-refractivity contribution in [1.82, 2.24) is 19.8 Å². The van der Waals surface area contributed by atoms with Crippen LogP contribution >= 0.6 is 12.2 Å². The van der Waals surface area contributed by atoms with Crippen LogP contribution < -0.4 is 14.8 Å². The SMILES string of the molecule is CCN1C(=S)NC(c2ccccn2)C1c1cc(C)n(-c2ccc3c(c2)OCO3)c1C. The first-order chi connectivity index (χ1) is 14.6. The van der Waals surface area contributed by atoms with E-state index >= 15 is 0 Å². The largest absolute Gasteiger partial charge is 0.454 e. The van der Waals surface area contributed by atoms with Gasteiger partial charge in [0.15, 0.2) is 16.6 Å². The lowest BCUT2D eigenvalue weighted by Gasteiger charge is -2.27. The zero-order chi connectivity index (χ0) is 20.8. The quantitative estimate of drug-likeness (QED) is 0.638. The van der Waals surface area contributed by atoms with Gasteiger partial charge in [-0.3, -0.25) is 4.98 Å². The maximum atomic E-state index is 5.67. The Balaban J connectivity index is 1.61. The smallest absolute Gasteiger partial charge is 0.231 e. The van der Waals surface area contributed by atoms with Crippen LogP contribution in [-0.4, -0.2) is 32.9 Å². The number of likely N-dealkylation sites (N-methyl/N-ethyl adjacent to an activating group) is 1. The Morgan fingerprint density at radius 2 is 1.97 bits per heavy atom. The monoisotopic (exact) mass is 420 g/mol. The topological polar surface area (TPSA) is 51.6 Å². The summed E-state index contributed by atoms with van der Waals surface area (Å²) >= 11 is 5.67. The summed E-state index contributed by atoms with van der Waals surface area (Å²) in [6.45, 7) is 7.54. The predicted octanol–water partition coefficient (Wildman–Crippen LogP) is 4.21. The highest BCUT2D eigenvalue weighted by Crippen LogP contribution is 2.42. The molecule has 0 bridgehead atoms. The van der Waals surface area contributed by atoms with Crippen LogP contribution in [0.2, 0.25) is 0 Å². The van der Waals surface area contributed by atoms with Gasteiger partial charge in [0.05, 0.1) is 17.8 Å². The number of nitrogens with one attached hydrogen (secondary N) is 1. The summed E-state index contributed by atoms with van der Waals surface area (Å²) in [5.41, 5.74) is 5.65. The van der Waals surface area contributed by atoms with Gasteiger partial charge in [0.1, 0.15) is 0 Å². The highest BCUT2D eigenvalue weighted by Gasteiger charge is 2.40. The normalized spacial score (nSPS) is 20.0. The molecule has 5 rings (SSSR count). The summed E-state index contributed by atoms with van der Waals surface area (Å²) in [5.74, 6) is 1.57. The Labute approximate surface area is 181 Å². The van der Waals surface area contributed by atoms with Gasteiger partial charge in [-0.15, -0.1) is 0 Å². The molecule has 2 atom stereocenters. The second-order valence-corrected chi connectivity index (χ2v) is 8.00. The van der Waals surface area contributed by atoms with E-state index in [1.54, 1.807) is 0 Å². The Bertz CT molecular complexity index is 1110. The highest BCUT2D eigenvalue weighted by atomic mass is 32.1. The number of ether oxygens (including phenoxy) is 2. The molecule has 1 saturated heterocycles. The van der Waals surface area contributed by atoms with Crippen molar-refractivity contribution in [2.45, 2.75) is 32.9 Å². The number of pyridine rings is 1. The van der Waals surface area contributed by atoms with E-state index in [-0.39, 0.29) is 18.9 Å². The van der Waals surface area contributed by atoms with E-state index in [1.165, 1.54) is 11.3 Å². The van der Waals surface area contributed by atoms with E-state index < -0.39 is 0 Å². The fraction of sp³-hybridized carbons (Fsp3) is 0.304. The van der Waals surface area contributed by atoms with Gasteiger partial charge in [0.25, 0.3) is 0 Å². The molecule has 2 aromatic heterocycles. The van der Waals surface area contributed by atoms with Gasteiger partial charge in [-0.2, -0.15) is 0 Å². The number of hydrogen-bond acceptors (Lipinski definition) is 4. The van der Waals surface area contributed by atoms with Crippen LogP contribution in [0, 0.1) is 13.8 Å². The maximum Gasteiger partial charge on any atom is 0.231 e. The molecule has 0 amide bonds.